The minimum atomic E-state index is -1.79. The maximum Gasteiger partial charge on any atom is 0.220 e. The van der Waals surface area contributed by atoms with E-state index >= 15 is 0 Å². The second-order valence-corrected chi connectivity index (χ2v) is 24.6. The Balaban J connectivity index is 1.69. The minimum Gasteiger partial charge on any atom is -0.394 e. The van der Waals surface area contributed by atoms with Gasteiger partial charge in [0.2, 0.25) is 5.91 Å². The quantitative estimate of drug-likeness (QED) is 0.0204. The van der Waals surface area contributed by atoms with Crippen molar-refractivity contribution in [1.29, 1.82) is 0 Å². The second-order valence-electron chi connectivity index (χ2n) is 24.6. The zero-order valence-electron chi connectivity index (χ0n) is 54.7. The largest absolute Gasteiger partial charge is 0.394 e. The van der Waals surface area contributed by atoms with Crippen LogP contribution in [-0.2, 0) is 23.7 Å². The number of hydrogen-bond donors (Lipinski definition) is 9. The lowest BCUT2D eigenvalue weighted by atomic mass is 9.97. The number of rotatable bonds is 57. The molecule has 12 unspecified atom stereocenters. The number of unbranched alkanes of at least 4 members (excludes halogenated alkanes) is 30. The molecule has 14 heteroatoms. The van der Waals surface area contributed by atoms with Crippen molar-refractivity contribution in [2.24, 2.45) is 0 Å². The van der Waals surface area contributed by atoms with E-state index in [2.05, 4.69) is 104 Å². The summed E-state index contributed by atoms with van der Waals surface area (Å²) in [5, 5.41) is 87.6. The van der Waals surface area contributed by atoms with Crippen molar-refractivity contribution in [2.45, 2.75) is 351 Å². The van der Waals surface area contributed by atoms with Gasteiger partial charge in [-0.3, -0.25) is 4.79 Å². The summed E-state index contributed by atoms with van der Waals surface area (Å²) in [5.41, 5.74) is 0. The van der Waals surface area contributed by atoms with Crippen molar-refractivity contribution < 1.29 is 64.6 Å². The molecule has 0 aliphatic carbocycles. The highest BCUT2D eigenvalue weighted by molar-refractivity contribution is 5.76. The van der Waals surface area contributed by atoms with Crippen LogP contribution in [0.1, 0.15) is 277 Å². The van der Waals surface area contributed by atoms with Crippen LogP contribution in [0.4, 0.5) is 0 Å². The summed E-state index contributed by atoms with van der Waals surface area (Å²) in [6, 6.07) is -0.867. The third-order valence-corrected chi connectivity index (χ3v) is 16.9. The van der Waals surface area contributed by atoms with Gasteiger partial charge >= 0.3 is 0 Å². The van der Waals surface area contributed by atoms with Gasteiger partial charge in [-0.05, 0) is 64.2 Å². The number of carbonyl (C=O) groups excluding carboxylic acids is 1. The second kappa shape index (κ2) is 57.1. The summed E-state index contributed by atoms with van der Waals surface area (Å²) in [6.45, 7) is 2.74. The molecule has 2 heterocycles. The van der Waals surface area contributed by atoms with Crippen LogP contribution in [0.5, 0.6) is 0 Å². The number of nitrogens with one attached hydrogen (secondary N) is 1. The predicted octanol–water partition coefficient (Wildman–Crippen LogP) is 14.4. The van der Waals surface area contributed by atoms with Crippen molar-refractivity contribution in [3.8, 4) is 0 Å². The molecule has 2 aliphatic heterocycles. The number of amides is 1. The van der Waals surface area contributed by atoms with Crippen molar-refractivity contribution in [1.82, 2.24) is 5.32 Å². The fourth-order valence-corrected chi connectivity index (χ4v) is 11.3. The lowest BCUT2D eigenvalue weighted by Crippen LogP contribution is -2.65. The van der Waals surface area contributed by atoms with E-state index in [1.165, 1.54) is 167 Å². The molecule has 9 N–H and O–H groups in total. The Kier molecular flexibility index (Phi) is 52.7. The molecule has 504 valence electrons. The first kappa shape index (κ1) is 80.3. The minimum absolute atomic E-state index is 0.220. The Morgan fingerprint density at radius 3 is 1.17 bits per heavy atom. The van der Waals surface area contributed by atoms with Crippen LogP contribution in [0.15, 0.2) is 85.1 Å². The third-order valence-electron chi connectivity index (χ3n) is 16.9. The van der Waals surface area contributed by atoms with Crippen LogP contribution >= 0.6 is 0 Å². The van der Waals surface area contributed by atoms with E-state index in [-0.39, 0.29) is 18.9 Å². The number of aliphatic hydroxyl groups is 8. The molecule has 0 aromatic rings. The van der Waals surface area contributed by atoms with Gasteiger partial charge in [-0.2, -0.15) is 0 Å². The van der Waals surface area contributed by atoms with Gasteiger partial charge in [-0.15, -0.1) is 0 Å². The van der Waals surface area contributed by atoms with Gasteiger partial charge in [0.15, 0.2) is 12.6 Å². The Labute approximate surface area is 529 Å². The topological polar surface area (TPSA) is 228 Å². The Hall–Kier alpha value is -2.83. The SMILES string of the molecule is CC/C=C\C/C=C\C/C=C\C/C=C\C/C=C\C/C=C\C/C=C\CCCC(=O)NC(COC1OC(CO)C(OC2OC(CO)C(O)C(O)C2O)C(O)C1O)C(O)CCCCCCCCCCCCCCCCCCCCCCCCCCCCCCCC. The van der Waals surface area contributed by atoms with Gasteiger partial charge < -0.3 is 65.1 Å². The summed E-state index contributed by atoms with van der Waals surface area (Å²) >= 11 is 0. The molecule has 87 heavy (non-hydrogen) atoms. The molecule has 0 aromatic carbocycles. The predicted molar refractivity (Wildman–Crippen MR) is 355 cm³/mol. The smallest absolute Gasteiger partial charge is 0.220 e. The Morgan fingerprint density at radius 2 is 0.782 bits per heavy atom. The van der Waals surface area contributed by atoms with E-state index in [1.54, 1.807) is 0 Å². The average Bonchev–Trinajstić information content (AvgIpc) is 2.33. The average molecular weight is 1230 g/mol. The van der Waals surface area contributed by atoms with Crippen molar-refractivity contribution in [3.63, 3.8) is 0 Å². The van der Waals surface area contributed by atoms with Gasteiger partial charge in [0, 0.05) is 6.42 Å². The maximum absolute atomic E-state index is 13.3. The van der Waals surface area contributed by atoms with Crippen LogP contribution in [0, 0.1) is 0 Å². The molecular formula is C73H129NO13. The molecule has 0 spiro atoms. The highest BCUT2D eigenvalue weighted by Crippen LogP contribution is 2.30. The molecule has 12 atom stereocenters. The van der Waals surface area contributed by atoms with Gasteiger partial charge in [0.1, 0.15) is 48.8 Å². The number of hydrogen-bond acceptors (Lipinski definition) is 13. The molecule has 2 aliphatic rings. The Bertz CT molecular complexity index is 1780. The fourth-order valence-electron chi connectivity index (χ4n) is 11.3. The first-order valence-corrected chi connectivity index (χ1v) is 35.3. The number of aliphatic hydroxyl groups excluding tert-OH is 8. The first-order chi connectivity index (χ1) is 42.6. The lowest BCUT2D eigenvalue weighted by Gasteiger charge is -2.46. The first-order valence-electron chi connectivity index (χ1n) is 35.3. The molecule has 0 aromatic heterocycles. The molecule has 1 amide bonds. The van der Waals surface area contributed by atoms with E-state index in [1.807, 2.05) is 0 Å². The molecule has 0 radical (unpaired) electrons. The van der Waals surface area contributed by atoms with Gasteiger partial charge in [-0.25, -0.2) is 0 Å². The van der Waals surface area contributed by atoms with Crippen molar-refractivity contribution in [2.75, 3.05) is 19.8 Å². The van der Waals surface area contributed by atoms with Gasteiger partial charge in [0.25, 0.3) is 0 Å². The lowest BCUT2D eigenvalue weighted by molar-refractivity contribution is -0.359. The van der Waals surface area contributed by atoms with Crippen molar-refractivity contribution >= 4 is 5.91 Å². The summed E-state index contributed by atoms with van der Waals surface area (Å²) in [4.78, 5) is 13.3. The normalized spacial score (nSPS) is 23.8. The van der Waals surface area contributed by atoms with E-state index < -0.39 is 86.8 Å². The zero-order valence-corrected chi connectivity index (χ0v) is 54.7. The van der Waals surface area contributed by atoms with Gasteiger partial charge in [-0.1, -0.05) is 292 Å². The molecule has 2 rings (SSSR count). The molecule has 0 bridgehead atoms. The van der Waals surface area contributed by atoms with E-state index in [4.69, 9.17) is 18.9 Å². The number of allylic oxidation sites excluding steroid dienone is 14. The van der Waals surface area contributed by atoms with Crippen molar-refractivity contribution in [3.05, 3.63) is 85.1 Å². The molecular weight excluding hydrogens is 1100 g/mol. The van der Waals surface area contributed by atoms with Crippen LogP contribution in [-0.4, -0.2) is 140 Å². The van der Waals surface area contributed by atoms with Crippen LogP contribution in [0.25, 0.3) is 0 Å². The number of carbonyl (C=O) groups is 1. The Morgan fingerprint density at radius 1 is 0.425 bits per heavy atom. The third kappa shape index (κ3) is 41.3. The van der Waals surface area contributed by atoms with E-state index in [9.17, 15) is 45.6 Å². The van der Waals surface area contributed by atoms with Crippen LogP contribution < -0.4 is 5.32 Å². The summed E-state index contributed by atoms with van der Waals surface area (Å²) < 4.78 is 22.9. The summed E-state index contributed by atoms with van der Waals surface area (Å²) in [7, 11) is 0. The molecule has 2 saturated heterocycles. The van der Waals surface area contributed by atoms with E-state index in [0.717, 1.165) is 70.6 Å². The fraction of sp³-hybridized carbons (Fsp3) is 0.795. The van der Waals surface area contributed by atoms with Crippen LogP contribution in [0.2, 0.25) is 0 Å². The van der Waals surface area contributed by atoms with Crippen LogP contribution in [0.3, 0.4) is 0 Å². The standard InChI is InChI=1S/C73H129NO13/c1-3-5-7-9-11-13-15-17-19-21-23-25-27-28-29-30-31-32-33-35-36-38-40-42-44-46-48-50-52-54-56-62(77)61(60-84-72-70(83)68(81)71(64(59-76)86-72)87-73-69(82)67(80)66(79)63(58-75)85-73)74-65(78)57-55-53-51-49-47-45-43-41-39-37-34-26-24-22-20-18-16-14-12-10-8-6-4-2/h6,8,12,14,18,20,24,26,37,39,43,45,49,51,61-64,66-73,75-77,79-83H,3-5,7,9-11,13,15-17,19,21-23,25,27-36,38,40-42,44,46-48,50,52-60H2,1-2H3,(H,74,78)/b8-6-,14-12-,20-18-,26-24-,39-37-,45-43-,51-49-. The summed E-state index contributed by atoms with van der Waals surface area (Å²) in [5.74, 6) is -0.264. The zero-order chi connectivity index (χ0) is 63.1. The highest BCUT2D eigenvalue weighted by Gasteiger charge is 2.51. The highest BCUT2D eigenvalue weighted by atomic mass is 16.7. The monoisotopic (exact) mass is 1230 g/mol. The number of ether oxygens (including phenoxy) is 4. The maximum atomic E-state index is 13.3. The molecule has 14 nitrogen and oxygen atoms in total. The molecule has 2 fully saturated rings. The molecule has 0 saturated carbocycles. The van der Waals surface area contributed by atoms with E-state index in [0.29, 0.717) is 19.3 Å². The summed E-state index contributed by atoms with van der Waals surface area (Å²) in [6.07, 6.45) is 61.8. The van der Waals surface area contributed by atoms with Gasteiger partial charge in [0.05, 0.1) is 32.0 Å².